The number of hydrogen-bond acceptors (Lipinski definition) is 3. The van der Waals surface area contributed by atoms with E-state index in [1.807, 2.05) is 30.3 Å². The Bertz CT molecular complexity index is 407. The minimum absolute atomic E-state index is 0.0604. The molecule has 1 fully saturated rings. The van der Waals surface area contributed by atoms with Gasteiger partial charge in [0, 0.05) is 19.7 Å². The van der Waals surface area contributed by atoms with Crippen molar-refractivity contribution in [1.29, 1.82) is 5.26 Å². The number of nitrogens with zero attached hydrogens (tertiary/aromatic N) is 2. The third kappa shape index (κ3) is 4.34. The summed E-state index contributed by atoms with van der Waals surface area (Å²) in [5.41, 5.74) is 1.10. The van der Waals surface area contributed by atoms with Gasteiger partial charge in [0.25, 0.3) is 0 Å². The number of hydrogen-bond donors (Lipinski definition) is 0. The maximum absolute atomic E-state index is 9.33. The molecule has 1 saturated heterocycles. The molecule has 1 aromatic carbocycles. The molecule has 0 aromatic heterocycles. The molecule has 2 unspecified atom stereocenters. The largest absolute Gasteiger partial charge is 0.377 e. The molecule has 0 saturated carbocycles. The molecule has 1 heterocycles. The van der Waals surface area contributed by atoms with Crippen LogP contribution in [0.15, 0.2) is 30.3 Å². The first-order valence-corrected chi connectivity index (χ1v) is 7.04. The SMILES string of the molecule is CN(CC1CCCCO1)CC(C#N)c1ccccc1. The van der Waals surface area contributed by atoms with Crippen molar-refractivity contribution < 1.29 is 4.74 Å². The number of benzene rings is 1. The Kier molecular flexibility index (Phi) is 5.38. The lowest BCUT2D eigenvalue weighted by molar-refractivity contribution is -0.00165. The van der Waals surface area contributed by atoms with Crippen LogP contribution in [0.1, 0.15) is 30.7 Å². The maximum atomic E-state index is 9.33. The molecule has 3 heteroatoms. The number of ether oxygens (including phenoxy) is 1. The predicted molar refractivity (Wildman–Crippen MR) is 75.9 cm³/mol. The van der Waals surface area contributed by atoms with Crippen LogP contribution in [-0.2, 0) is 4.74 Å². The fraction of sp³-hybridized carbons (Fsp3) is 0.562. The summed E-state index contributed by atoms with van der Waals surface area (Å²) in [5, 5.41) is 9.33. The number of rotatable bonds is 5. The third-order valence-corrected chi connectivity index (χ3v) is 3.64. The van der Waals surface area contributed by atoms with E-state index in [9.17, 15) is 5.26 Å². The van der Waals surface area contributed by atoms with Gasteiger partial charge in [0.1, 0.15) is 0 Å². The van der Waals surface area contributed by atoms with Gasteiger partial charge in [-0.25, -0.2) is 0 Å². The predicted octanol–water partition coefficient (Wildman–Crippen LogP) is 2.79. The van der Waals surface area contributed by atoms with Gasteiger partial charge in [0.2, 0.25) is 0 Å². The molecular weight excluding hydrogens is 236 g/mol. The van der Waals surface area contributed by atoms with Gasteiger partial charge in [-0.1, -0.05) is 30.3 Å². The monoisotopic (exact) mass is 258 g/mol. The molecular formula is C16H22N2O. The highest BCUT2D eigenvalue weighted by Crippen LogP contribution is 2.18. The molecule has 2 atom stereocenters. The van der Waals surface area contributed by atoms with Crippen LogP contribution in [0.4, 0.5) is 0 Å². The van der Waals surface area contributed by atoms with Gasteiger partial charge in [-0.15, -0.1) is 0 Å². The van der Waals surface area contributed by atoms with E-state index in [0.29, 0.717) is 6.10 Å². The van der Waals surface area contributed by atoms with Crippen molar-refractivity contribution in [3.8, 4) is 6.07 Å². The summed E-state index contributed by atoms with van der Waals surface area (Å²) in [4.78, 5) is 2.22. The van der Waals surface area contributed by atoms with Gasteiger partial charge in [-0.05, 0) is 31.9 Å². The molecule has 3 nitrogen and oxygen atoms in total. The van der Waals surface area contributed by atoms with Gasteiger partial charge >= 0.3 is 0 Å². The van der Waals surface area contributed by atoms with Gasteiger partial charge in [0.05, 0.1) is 18.1 Å². The molecule has 0 amide bonds. The molecule has 0 bridgehead atoms. The van der Waals surface area contributed by atoms with Crippen molar-refractivity contribution >= 4 is 0 Å². The topological polar surface area (TPSA) is 36.3 Å². The molecule has 19 heavy (non-hydrogen) atoms. The van der Waals surface area contributed by atoms with E-state index >= 15 is 0 Å². The van der Waals surface area contributed by atoms with Crippen LogP contribution < -0.4 is 0 Å². The van der Waals surface area contributed by atoms with Gasteiger partial charge in [-0.2, -0.15) is 5.26 Å². The lowest BCUT2D eigenvalue weighted by Gasteiger charge is -2.28. The van der Waals surface area contributed by atoms with Crippen LogP contribution in [0.5, 0.6) is 0 Å². The van der Waals surface area contributed by atoms with Gasteiger partial charge in [-0.3, -0.25) is 0 Å². The summed E-state index contributed by atoms with van der Waals surface area (Å²) < 4.78 is 5.74. The van der Waals surface area contributed by atoms with Crippen LogP contribution in [0.2, 0.25) is 0 Å². The zero-order chi connectivity index (χ0) is 13.5. The molecule has 102 valence electrons. The first-order valence-electron chi connectivity index (χ1n) is 7.04. The summed E-state index contributed by atoms with van der Waals surface area (Å²) in [6.45, 7) is 2.57. The highest BCUT2D eigenvalue weighted by molar-refractivity contribution is 5.25. The molecule has 1 aromatic rings. The van der Waals surface area contributed by atoms with E-state index < -0.39 is 0 Å². The zero-order valence-electron chi connectivity index (χ0n) is 11.6. The molecule has 1 aliphatic rings. The van der Waals surface area contributed by atoms with Crippen molar-refractivity contribution in [2.45, 2.75) is 31.3 Å². The van der Waals surface area contributed by atoms with Crippen LogP contribution >= 0.6 is 0 Å². The second kappa shape index (κ2) is 7.28. The number of likely N-dealkylation sites (N-methyl/N-ethyl adjacent to an activating group) is 1. The summed E-state index contributed by atoms with van der Waals surface area (Å²) in [6, 6.07) is 12.4. The second-order valence-corrected chi connectivity index (χ2v) is 5.30. The van der Waals surface area contributed by atoms with Crippen molar-refractivity contribution in [2.24, 2.45) is 0 Å². The quantitative estimate of drug-likeness (QED) is 0.815. The minimum atomic E-state index is -0.0604. The van der Waals surface area contributed by atoms with E-state index in [-0.39, 0.29) is 5.92 Å². The molecule has 0 radical (unpaired) electrons. The fourth-order valence-corrected chi connectivity index (χ4v) is 2.59. The van der Waals surface area contributed by atoms with Crippen molar-refractivity contribution in [1.82, 2.24) is 4.90 Å². The Morgan fingerprint density at radius 2 is 2.16 bits per heavy atom. The maximum Gasteiger partial charge on any atom is 0.0839 e. The smallest absolute Gasteiger partial charge is 0.0839 e. The van der Waals surface area contributed by atoms with Crippen LogP contribution in [0.3, 0.4) is 0 Å². The van der Waals surface area contributed by atoms with Crippen molar-refractivity contribution in [3.05, 3.63) is 35.9 Å². The Hall–Kier alpha value is -1.37. The summed E-state index contributed by atoms with van der Waals surface area (Å²) in [6.07, 6.45) is 3.94. The molecule has 2 rings (SSSR count). The minimum Gasteiger partial charge on any atom is -0.377 e. The fourth-order valence-electron chi connectivity index (χ4n) is 2.59. The molecule has 1 aliphatic heterocycles. The number of nitriles is 1. The first kappa shape index (κ1) is 14.0. The molecule has 0 N–H and O–H groups in total. The second-order valence-electron chi connectivity index (χ2n) is 5.30. The van der Waals surface area contributed by atoms with E-state index in [0.717, 1.165) is 31.7 Å². The lowest BCUT2D eigenvalue weighted by Crippen LogP contribution is -2.35. The Balaban J connectivity index is 1.86. The van der Waals surface area contributed by atoms with Crippen LogP contribution in [0, 0.1) is 11.3 Å². The average molecular weight is 258 g/mol. The highest BCUT2D eigenvalue weighted by atomic mass is 16.5. The van der Waals surface area contributed by atoms with Crippen molar-refractivity contribution in [3.63, 3.8) is 0 Å². The molecule has 0 aliphatic carbocycles. The van der Waals surface area contributed by atoms with E-state index in [4.69, 9.17) is 4.74 Å². The highest BCUT2D eigenvalue weighted by Gasteiger charge is 2.18. The summed E-state index contributed by atoms with van der Waals surface area (Å²) >= 11 is 0. The Labute approximate surface area is 115 Å². The normalized spacial score (nSPS) is 21.0. The van der Waals surface area contributed by atoms with Crippen LogP contribution in [-0.4, -0.2) is 37.7 Å². The van der Waals surface area contributed by atoms with Gasteiger partial charge in [0.15, 0.2) is 0 Å². The zero-order valence-corrected chi connectivity index (χ0v) is 11.6. The summed E-state index contributed by atoms with van der Waals surface area (Å²) in [5.74, 6) is -0.0604. The van der Waals surface area contributed by atoms with Crippen molar-refractivity contribution in [2.75, 3.05) is 26.7 Å². The van der Waals surface area contributed by atoms with E-state index in [1.165, 1.54) is 12.8 Å². The standard InChI is InChI=1S/C16H22N2O/c1-18(13-16-9-5-6-10-19-16)12-15(11-17)14-7-3-2-4-8-14/h2-4,7-8,15-16H,5-6,9-10,12-13H2,1H3. The van der Waals surface area contributed by atoms with Gasteiger partial charge < -0.3 is 9.64 Å². The Morgan fingerprint density at radius 1 is 1.37 bits per heavy atom. The van der Waals surface area contributed by atoms with E-state index in [1.54, 1.807) is 0 Å². The summed E-state index contributed by atoms with van der Waals surface area (Å²) in [7, 11) is 2.07. The van der Waals surface area contributed by atoms with Crippen LogP contribution in [0.25, 0.3) is 0 Å². The first-order chi connectivity index (χ1) is 9.29. The van der Waals surface area contributed by atoms with E-state index in [2.05, 4.69) is 18.0 Å². The molecule has 0 spiro atoms. The third-order valence-electron chi connectivity index (χ3n) is 3.64. The average Bonchev–Trinajstić information content (AvgIpc) is 2.47. The Morgan fingerprint density at radius 3 is 2.79 bits per heavy atom. The lowest BCUT2D eigenvalue weighted by atomic mass is 10.00.